The predicted molar refractivity (Wildman–Crippen MR) is 103 cm³/mol. The van der Waals surface area contributed by atoms with E-state index in [0.29, 0.717) is 19.5 Å². The fourth-order valence-corrected chi connectivity index (χ4v) is 4.61. The van der Waals surface area contributed by atoms with Gasteiger partial charge < -0.3 is 5.32 Å². The van der Waals surface area contributed by atoms with Crippen molar-refractivity contribution >= 4 is 21.6 Å². The molecule has 0 unspecified atom stereocenters. The van der Waals surface area contributed by atoms with E-state index in [1.54, 1.807) is 43.3 Å². The van der Waals surface area contributed by atoms with Gasteiger partial charge in [0, 0.05) is 19.5 Å². The summed E-state index contributed by atoms with van der Waals surface area (Å²) in [6.07, 6.45) is 2.43. The van der Waals surface area contributed by atoms with Crippen LogP contribution in [0.2, 0.25) is 0 Å². The van der Waals surface area contributed by atoms with Crippen molar-refractivity contribution in [2.24, 2.45) is 0 Å². The summed E-state index contributed by atoms with van der Waals surface area (Å²) in [5.41, 5.74) is 1.81. The summed E-state index contributed by atoms with van der Waals surface area (Å²) >= 11 is 0. The van der Waals surface area contributed by atoms with E-state index in [0.717, 1.165) is 24.0 Å². The average molecular weight is 390 g/mol. The van der Waals surface area contributed by atoms with Crippen LogP contribution in [0, 0.1) is 12.7 Å². The molecular formula is C20H23FN2O3S. The van der Waals surface area contributed by atoms with Crippen molar-refractivity contribution in [2.45, 2.75) is 37.5 Å². The molecule has 0 saturated carbocycles. The zero-order valence-electron chi connectivity index (χ0n) is 15.2. The lowest BCUT2D eigenvalue weighted by molar-refractivity contribution is -0.116. The Bertz CT molecular complexity index is 921. The third kappa shape index (κ3) is 4.73. The van der Waals surface area contributed by atoms with Crippen LogP contribution in [0.5, 0.6) is 0 Å². The maximum absolute atomic E-state index is 13.8. The van der Waals surface area contributed by atoms with Crippen molar-refractivity contribution in [1.29, 1.82) is 0 Å². The van der Waals surface area contributed by atoms with Crippen LogP contribution in [0.15, 0.2) is 47.4 Å². The van der Waals surface area contributed by atoms with Gasteiger partial charge in [0.15, 0.2) is 0 Å². The van der Waals surface area contributed by atoms with E-state index in [1.165, 1.54) is 10.4 Å². The first-order valence-corrected chi connectivity index (χ1v) is 10.5. The van der Waals surface area contributed by atoms with Gasteiger partial charge >= 0.3 is 0 Å². The fourth-order valence-electron chi connectivity index (χ4n) is 3.10. The van der Waals surface area contributed by atoms with E-state index in [1.807, 2.05) is 0 Å². The molecule has 1 aliphatic rings. The van der Waals surface area contributed by atoms with Crippen LogP contribution in [0.25, 0.3) is 0 Å². The molecule has 1 saturated heterocycles. The quantitative estimate of drug-likeness (QED) is 0.821. The average Bonchev–Trinajstić information content (AvgIpc) is 3.18. The summed E-state index contributed by atoms with van der Waals surface area (Å²) < 4.78 is 40.3. The van der Waals surface area contributed by atoms with Gasteiger partial charge in [0.25, 0.3) is 0 Å². The summed E-state index contributed by atoms with van der Waals surface area (Å²) in [5.74, 6) is -0.744. The Labute approximate surface area is 159 Å². The van der Waals surface area contributed by atoms with Gasteiger partial charge in [-0.2, -0.15) is 4.31 Å². The second-order valence-electron chi connectivity index (χ2n) is 6.79. The Hall–Kier alpha value is -2.25. The first kappa shape index (κ1) is 19.5. The minimum atomic E-state index is -3.42. The van der Waals surface area contributed by atoms with Gasteiger partial charge in [0.2, 0.25) is 15.9 Å². The van der Waals surface area contributed by atoms with Gasteiger partial charge in [-0.05, 0) is 61.6 Å². The number of carbonyl (C=O) groups is 1. The molecule has 1 heterocycles. The highest BCUT2D eigenvalue weighted by atomic mass is 32.2. The lowest BCUT2D eigenvalue weighted by atomic mass is 10.1. The molecule has 2 aromatic rings. The molecule has 1 fully saturated rings. The van der Waals surface area contributed by atoms with Crippen LogP contribution in [0.3, 0.4) is 0 Å². The van der Waals surface area contributed by atoms with E-state index in [-0.39, 0.29) is 22.9 Å². The smallest absolute Gasteiger partial charge is 0.243 e. The number of rotatable bonds is 6. The van der Waals surface area contributed by atoms with Gasteiger partial charge in [-0.3, -0.25) is 4.79 Å². The van der Waals surface area contributed by atoms with Gasteiger partial charge in [-0.1, -0.05) is 18.2 Å². The third-order valence-corrected chi connectivity index (χ3v) is 6.58. The number of carbonyl (C=O) groups excluding carboxylic acids is 1. The summed E-state index contributed by atoms with van der Waals surface area (Å²) in [6.45, 7) is 2.92. The number of benzene rings is 2. The number of hydrogen-bond donors (Lipinski definition) is 1. The molecule has 0 aliphatic carbocycles. The number of nitrogens with one attached hydrogen (secondary N) is 1. The molecule has 7 heteroatoms. The summed E-state index contributed by atoms with van der Waals surface area (Å²) in [7, 11) is -3.42. The molecule has 3 rings (SSSR count). The number of nitrogens with zero attached hydrogens (tertiary/aromatic N) is 1. The number of aryl methyl sites for hydroxylation is 2. The van der Waals surface area contributed by atoms with E-state index in [2.05, 4.69) is 5.32 Å². The van der Waals surface area contributed by atoms with Crippen LogP contribution in [0.1, 0.15) is 30.4 Å². The normalized spacial score (nSPS) is 15.0. The first-order chi connectivity index (χ1) is 12.9. The van der Waals surface area contributed by atoms with Crippen molar-refractivity contribution in [2.75, 3.05) is 18.4 Å². The van der Waals surface area contributed by atoms with E-state index < -0.39 is 15.8 Å². The molecular weight excluding hydrogens is 367 g/mol. The third-order valence-electron chi connectivity index (χ3n) is 4.67. The highest BCUT2D eigenvalue weighted by Crippen LogP contribution is 2.21. The zero-order valence-corrected chi connectivity index (χ0v) is 16.1. The topological polar surface area (TPSA) is 66.5 Å². The molecule has 27 heavy (non-hydrogen) atoms. The van der Waals surface area contributed by atoms with Gasteiger partial charge in [0.1, 0.15) is 5.82 Å². The number of hydrogen-bond acceptors (Lipinski definition) is 3. The Kier molecular flexibility index (Phi) is 5.92. The lowest BCUT2D eigenvalue weighted by Crippen LogP contribution is -2.27. The molecule has 0 bridgehead atoms. The zero-order chi connectivity index (χ0) is 19.4. The van der Waals surface area contributed by atoms with Crippen LogP contribution in [-0.2, 0) is 21.2 Å². The summed E-state index contributed by atoms with van der Waals surface area (Å²) in [5, 5.41) is 2.56. The monoisotopic (exact) mass is 390 g/mol. The Morgan fingerprint density at radius 2 is 1.78 bits per heavy atom. The lowest BCUT2D eigenvalue weighted by Gasteiger charge is -2.15. The van der Waals surface area contributed by atoms with Gasteiger partial charge in [-0.15, -0.1) is 0 Å². The van der Waals surface area contributed by atoms with Crippen LogP contribution in [0.4, 0.5) is 10.1 Å². The van der Waals surface area contributed by atoms with Crippen LogP contribution < -0.4 is 5.32 Å². The fraction of sp³-hybridized carbons (Fsp3) is 0.350. The highest BCUT2D eigenvalue weighted by Gasteiger charge is 2.26. The van der Waals surface area contributed by atoms with Gasteiger partial charge in [-0.25, -0.2) is 12.8 Å². The van der Waals surface area contributed by atoms with E-state index in [9.17, 15) is 17.6 Å². The summed E-state index contributed by atoms with van der Waals surface area (Å²) in [4.78, 5) is 12.3. The molecule has 0 spiro atoms. The number of amides is 1. The largest absolute Gasteiger partial charge is 0.324 e. The highest BCUT2D eigenvalue weighted by molar-refractivity contribution is 7.89. The molecule has 1 amide bonds. The van der Waals surface area contributed by atoms with Crippen LogP contribution >= 0.6 is 0 Å². The molecule has 1 aliphatic heterocycles. The molecule has 0 aromatic heterocycles. The summed E-state index contributed by atoms with van der Waals surface area (Å²) in [6, 6.07) is 11.3. The van der Waals surface area contributed by atoms with Crippen molar-refractivity contribution in [3.63, 3.8) is 0 Å². The minimum absolute atomic E-state index is 0.164. The molecule has 0 radical (unpaired) electrons. The molecule has 1 N–H and O–H groups in total. The number of halogens is 1. The number of anilines is 1. The first-order valence-electron chi connectivity index (χ1n) is 9.01. The molecule has 5 nitrogen and oxygen atoms in total. The van der Waals surface area contributed by atoms with Crippen molar-refractivity contribution < 1.29 is 17.6 Å². The SMILES string of the molecule is Cc1ccc(NC(=O)CCc2ccc(S(=O)(=O)N3CCCC3)cc2)c(F)c1. The Morgan fingerprint density at radius 1 is 1.11 bits per heavy atom. The standard InChI is InChI=1S/C20H23FN2O3S/c1-15-4-10-19(18(21)14-15)22-20(24)11-7-16-5-8-17(9-6-16)27(25,26)23-12-2-3-13-23/h4-6,8-10,14H,2-3,7,11-13H2,1H3,(H,22,24). The molecule has 0 atom stereocenters. The van der Waals surface area contributed by atoms with Gasteiger partial charge in [0.05, 0.1) is 10.6 Å². The molecule has 144 valence electrons. The Balaban J connectivity index is 1.57. The second-order valence-corrected chi connectivity index (χ2v) is 8.72. The predicted octanol–water partition coefficient (Wildman–Crippen LogP) is 3.49. The minimum Gasteiger partial charge on any atom is -0.324 e. The maximum Gasteiger partial charge on any atom is 0.243 e. The van der Waals surface area contributed by atoms with Crippen molar-refractivity contribution in [1.82, 2.24) is 4.31 Å². The van der Waals surface area contributed by atoms with E-state index in [4.69, 9.17) is 0 Å². The van der Waals surface area contributed by atoms with Crippen LogP contribution in [-0.4, -0.2) is 31.7 Å². The maximum atomic E-state index is 13.8. The van der Waals surface area contributed by atoms with Crippen molar-refractivity contribution in [3.8, 4) is 0 Å². The number of sulfonamides is 1. The Morgan fingerprint density at radius 3 is 2.41 bits per heavy atom. The second kappa shape index (κ2) is 8.19. The van der Waals surface area contributed by atoms with Crippen molar-refractivity contribution in [3.05, 3.63) is 59.4 Å². The van der Waals surface area contributed by atoms with E-state index >= 15 is 0 Å². The molecule has 2 aromatic carbocycles.